The highest BCUT2D eigenvalue weighted by molar-refractivity contribution is 7.90. The summed E-state index contributed by atoms with van der Waals surface area (Å²) in [5, 5.41) is 0. The zero-order valence-electron chi connectivity index (χ0n) is 19.4. The van der Waals surface area contributed by atoms with Crippen LogP contribution in [0.1, 0.15) is 57.7 Å². The van der Waals surface area contributed by atoms with Crippen LogP contribution in [-0.2, 0) is 22.7 Å². The number of nitrogens with one attached hydrogen (secondary N) is 1. The minimum absolute atomic E-state index is 0.0192. The Morgan fingerprint density at radius 2 is 1.75 bits per heavy atom. The average Bonchev–Trinajstić information content (AvgIpc) is 2.78. The van der Waals surface area contributed by atoms with E-state index >= 15 is 0 Å². The zero-order chi connectivity index (χ0) is 23.1. The van der Waals surface area contributed by atoms with E-state index in [9.17, 15) is 9.35 Å². The maximum Gasteiger partial charge on any atom is 0.410 e. The van der Waals surface area contributed by atoms with Gasteiger partial charge in [-0.15, -0.1) is 4.72 Å². The number of rotatable bonds is 7. The maximum absolute atomic E-state index is 12.3. The Labute approximate surface area is 194 Å². The molecule has 0 bridgehead atoms. The van der Waals surface area contributed by atoms with Gasteiger partial charge >= 0.3 is 6.09 Å². The monoisotopic (exact) mass is 458 g/mol. The van der Waals surface area contributed by atoms with E-state index in [1.165, 1.54) is 0 Å². The van der Waals surface area contributed by atoms with Crippen molar-refractivity contribution in [3.05, 3.63) is 65.7 Å². The summed E-state index contributed by atoms with van der Waals surface area (Å²) in [6.45, 7) is 9.40. The van der Waals surface area contributed by atoms with Crippen LogP contribution in [0.15, 0.2) is 54.6 Å². The van der Waals surface area contributed by atoms with Gasteiger partial charge in [-0.05, 0) is 51.0 Å². The first-order valence-corrected chi connectivity index (χ1v) is 12.3. The fourth-order valence-electron chi connectivity index (χ4n) is 3.40. The summed E-state index contributed by atoms with van der Waals surface area (Å²) in [5.74, 6) is 0.808. The van der Waals surface area contributed by atoms with Gasteiger partial charge in [-0.2, -0.15) is 0 Å². The summed E-state index contributed by atoms with van der Waals surface area (Å²) in [6, 6.07) is 17.6. The second kappa shape index (κ2) is 11.1. The Kier molecular flexibility index (Phi) is 8.45. The molecule has 174 valence electrons. The van der Waals surface area contributed by atoms with Crippen LogP contribution in [0.3, 0.4) is 0 Å². The summed E-state index contributed by atoms with van der Waals surface area (Å²) >= 11 is -1.12. The minimum Gasteiger partial charge on any atom is -0.598 e. The molecule has 0 radical (unpaired) electrons. The van der Waals surface area contributed by atoms with E-state index in [1.807, 2.05) is 82.3 Å². The van der Waals surface area contributed by atoms with Crippen molar-refractivity contribution in [1.29, 1.82) is 0 Å². The molecule has 1 aliphatic heterocycles. The Bertz CT molecular complexity index is 846. The van der Waals surface area contributed by atoms with E-state index in [0.29, 0.717) is 19.7 Å². The van der Waals surface area contributed by atoms with Gasteiger partial charge in [0.2, 0.25) is 0 Å². The summed E-state index contributed by atoms with van der Waals surface area (Å²) < 4.78 is 26.7. The molecule has 0 spiro atoms. The molecule has 1 fully saturated rings. The number of amides is 1. The second-order valence-electron chi connectivity index (χ2n) is 9.13. The smallest absolute Gasteiger partial charge is 0.410 e. The molecule has 3 rings (SSSR count). The molecule has 1 N–H and O–H groups in total. The molecule has 7 heteroatoms. The average molecular weight is 459 g/mol. The van der Waals surface area contributed by atoms with Crippen LogP contribution >= 0.6 is 0 Å². The van der Waals surface area contributed by atoms with Crippen LogP contribution in [0.2, 0.25) is 0 Å². The Hall–Kier alpha value is -2.22. The second-order valence-corrected chi connectivity index (χ2v) is 11.1. The number of carbonyl (C=O) groups is 1. The summed E-state index contributed by atoms with van der Waals surface area (Å²) in [4.78, 5) is 14.1. The largest absolute Gasteiger partial charge is 0.598 e. The standard InChI is InChI=1S/C25H34N2O4S/c1-19(26-32(29)25(2,3)4)21-10-12-22(13-11-21)31-23-14-16-27(17-15-23)24(28)30-18-20-8-6-5-7-9-20/h5-13,19,23,26H,14-18H2,1-4H3/t19-,32-/m0/s1. The molecule has 2 atom stereocenters. The number of carbonyl (C=O) groups excluding carboxylic acids is 1. The number of nitrogens with zero attached hydrogens (tertiary/aromatic N) is 1. The van der Waals surface area contributed by atoms with Gasteiger partial charge in [0.25, 0.3) is 0 Å². The molecule has 6 nitrogen and oxygen atoms in total. The van der Waals surface area contributed by atoms with Crippen LogP contribution in [0.5, 0.6) is 5.75 Å². The fraction of sp³-hybridized carbons (Fsp3) is 0.480. The topological polar surface area (TPSA) is 73.9 Å². The molecular weight excluding hydrogens is 424 g/mol. The third kappa shape index (κ3) is 7.15. The Balaban J connectivity index is 1.42. The van der Waals surface area contributed by atoms with Crippen LogP contribution < -0.4 is 9.46 Å². The van der Waals surface area contributed by atoms with Crippen molar-refractivity contribution in [1.82, 2.24) is 9.62 Å². The van der Waals surface area contributed by atoms with Gasteiger partial charge in [-0.3, -0.25) is 0 Å². The first-order valence-electron chi connectivity index (χ1n) is 11.1. The van der Waals surface area contributed by atoms with Crippen molar-refractivity contribution < 1.29 is 18.8 Å². The van der Waals surface area contributed by atoms with E-state index in [0.717, 1.165) is 29.7 Å². The molecular formula is C25H34N2O4S. The number of piperidine rings is 1. The first-order chi connectivity index (χ1) is 15.2. The van der Waals surface area contributed by atoms with Gasteiger partial charge in [0.1, 0.15) is 23.2 Å². The fourth-order valence-corrected chi connectivity index (χ4v) is 4.21. The molecule has 0 unspecified atom stereocenters. The van der Waals surface area contributed by atoms with Crippen molar-refractivity contribution >= 4 is 17.5 Å². The SMILES string of the molecule is C[C@H](N[S@@+]([O-])C(C)(C)C)c1ccc(OC2CCN(C(=O)OCc3ccccc3)CC2)cc1. The molecule has 1 heterocycles. The molecule has 2 aromatic carbocycles. The van der Waals surface area contributed by atoms with Crippen LogP contribution in [0.25, 0.3) is 0 Å². The highest BCUT2D eigenvalue weighted by Crippen LogP contribution is 2.24. The van der Waals surface area contributed by atoms with Crippen molar-refractivity contribution in [2.45, 2.75) is 64.0 Å². The zero-order valence-corrected chi connectivity index (χ0v) is 20.2. The maximum atomic E-state index is 12.3. The van der Waals surface area contributed by atoms with Crippen LogP contribution in [0.4, 0.5) is 4.79 Å². The lowest BCUT2D eigenvalue weighted by Crippen LogP contribution is -2.42. The van der Waals surface area contributed by atoms with Gasteiger partial charge in [0.05, 0.1) is 6.04 Å². The lowest BCUT2D eigenvalue weighted by molar-refractivity contribution is 0.0638. The highest BCUT2D eigenvalue weighted by atomic mass is 32.2. The molecule has 0 saturated carbocycles. The van der Waals surface area contributed by atoms with E-state index in [-0.39, 0.29) is 23.0 Å². The lowest BCUT2D eigenvalue weighted by Gasteiger charge is -2.31. The number of hydrogen-bond acceptors (Lipinski definition) is 5. The molecule has 2 aromatic rings. The molecule has 32 heavy (non-hydrogen) atoms. The Morgan fingerprint density at radius 1 is 1.12 bits per heavy atom. The normalized spacial score (nSPS) is 17.0. The summed E-state index contributed by atoms with van der Waals surface area (Å²) in [5.41, 5.74) is 2.04. The number of ether oxygens (including phenoxy) is 2. The first kappa shape index (κ1) is 24.4. The van der Waals surface area contributed by atoms with Gasteiger partial charge in [0.15, 0.2) is 0 Å². The third-order valence-electron chi connectivity index (χ3n) is 5.43. The van der Waals surface area contributed by atoms with Crippen molar-refractivity contribution in [2.75, 3.05) is 13.1 Å². The van der Waals surface area contributed by atoms with Gasteiger partial charge < -0.3 is 18.9 Å². The highest BCUT2D eigenvalue weighted by Gasteiger charge is 2.28. The van der Waals surface area contributed by atoms with E-state index in [1.54, 1.807) is 4.90 Å². The van der Waals surface area contributed by atoms with Crippen LogP contribution in [-0.4, -0.2) is 39.5 Å². The molecule has 1 aliphatic rings. The Morgan fingerprint density at radius 3 is 2.34 bits per heavy atom. The minimum atomic E-state index is -1.12. The quantitative estimate of drug-likeness (QED) is 0.593. The van der Waals surface area contributed by atoms with Gasteiger partial charge in [-0.25, -0.2) is 4.79 Å². The van der Waals surface area contributed by atoms with E-state index in [2.05, 4.69) is 4.72 Å². The number of likely N-dealkylation sites (tertiary alicyclic amines) is 1. The third-order valence-corrected chi connectivity index (χ3v) is 7.11. The molecule has 0 aromatic heterocycles. The lowest BCUT2D eigenvalue weighted by atomic mass is 10.1. The predicted octanol–water partition coefficient (Wildman–Crippen LogP) is 4.98. The van der Waals surface area contributed by atoms with E-state index in [4.69, 9.17) is 9.47 Å². The number of benzene rings is 2. The van der Waals surface area contributed by atoms with Crippen molar-refractivity contribution in [3.63, 3.8) is 0 Å². The molecule has 0 aliphatic carbocycles. The van der Waals surface area contributed by atoms with Crippen LogP contribution in [0, 0.1) is 0 Å². The van der Waals surface area contributed by atoms with Gasteiger partial charge in [0, 0.05) is 37.3 Å². The molecule has 1 amide bonds. The van der Waals surface area contributed by atoms with Crippen molar-refractivity contribution in [3.8, 4) is 5.75 Å². The predicted molar refractivity (Wildman–Crippen MR) is 128 cm³/mol. The number of hydrogen-bond donors (Lipinski definition) is 1. The van der Waals surface area contributed by atoms with Gasteiger partial charge in [-0.1, -0.05) is 42.5 Å². The van der Waals surface area contributed by atoms with E-state index < -0.39 is 11.4 Å². The van der Waals surface area contributed by atoms with Crippen molar-refractivity contribution in [2.24, 2.45) is 0 Å². The summed E-state index contributed by atoms with van der Waals surface area (Å²) in [7, 11) is 0. The molecule has 1 saturated heterocycles. The summed E-state index contributed by atoms with van der Waals surface area (Å²) in [6.07, 6.45) is 1.34.